The Morgan fingerprint density at radius 1 is 1.09 bits per heavy atom. The maximum Gasteiger partial charge on any atom is 0.330 e. The SMILES string of the molecule is CN1C(=O)NC(=O)[C@]2(Cc3cc([N+](=O)[O-])ccc3N3CCN(S(=O)(=O)c4ccccc4)C[C@H]32)C1=O. The van der Waals surface area contributed by atoms with Gasteiger partial charge in [-0.25, -0.2) is 13.2 Å². The number of benzene rings is 2. The Morgan fingerprint density at radius 3 is 2.49 bits per heavy atom. The van der Waals surface area contributed by atoms with Crippen molar-refractivity contribution < 1.29 is 27.7 Å². The van der Waals surface area contributed by atoms with E-state index in [-0.39, 0.29) is 36.6 Å². The Morgan fingerprint density at radius 2 is 1.80 bits per heavy atom. The minimum absolute atomic E-state index is 0.0742. The predicted octanol–water partition coefficient (Wildman–Crippen LogP) is 0.725. The van der Waals surface area contributed by atoms with Gasteiger partial charge in [0.1, 0.15) is 0 Å². The van der Waals surface area contributed by atoms with Crippen LogP contribution in [0.5, 0.6) is 0 Å². The standard InChI is InChI=1S/C22H21N5O7S/c1-24-20(29)22(19(28)23-21(24)30)12-14-11-15(27(31)32)7-8-17(14)26-10-9-25(13-18(22)26)35(33,34)16-5-3-2-4-6-16/h2-8,11,18H,9-10,12-13H2,1H3,(H,23,28,30)/t18-,22+/m0/s1. The molecule has 2 fully saturated rings. The van der Waals surface area contributed by atoms with Gasteiger partial charge < -0.3 is 4.90 Å². The molecule has 0 aromatic heterocycles. The number of rotatable bonds is 3. The van der Waals surface area contributed by atoms with E-state index in [0.717, 1.165) is 4.90 Å². The van der Waals surface area contributed by atoms with Crippen LogP contribution >= 0.6 is 0 Å². The monoisotopic (exact) mass is 499 g/mol. The van der Waals surface area contributed by atoms with Gasteiger partial charge in [-0.2, -0.15) is 4.31 Å². The van der Waals surface area contributed by atoms with Crippen LogP contribution in [0.1, 0.15) is 5.56 Å². The summed E-state index contributed by atoms with van der Waals surface area (Å²) < 4.78 is 28.0. The molecule has 3 heterocycles. The summed E-state index contributed by atoms with van der Waals surface area (Å²) in [6, 6.07) is 10.2. The molecule has 0 saturated carbocycles. The van der Waals surface area contributed by atoms with Gasteiger partial charge in [-0.3, -0.25) is 29.9 Å². The number of nitro groups is 1. The summed E-state index contributed by atoms with van der Waals surface area (Å²) >= 11 is 0. The predicted molar refractivity (Wildman–Crippen MR) is 122 cm³/mol. The number of hydrogen-bond acceptors (Lipinski definition) is 8. The molecule has 2 aromatic carbocycles. The first-order chi connectivity index (χ1) is 16.6. The Bertz CT molecular complexity index is 1380. The Kier molecular flexibility index (Phi) is 5.14. The van der Waals surface area contributed by atoms with Crippen LogP contribution < -0.4 is 10.2 Å². The van der Waals surface area contributed by atoms with Crippen molar-refractivity contribution in [2.45, 2.75) is 17.4 Å². The molecule has 0 aliphatic carbocycles. The topological polar surface area (TPSA) is 150 Å². The largest absolute Gasteiger partial charge is 0.364 e. The molecule has 4 amide bonds. The molecule has 0 bridgehead atoms. The van der Waals surface area contributed by atoms with E-state index in [2.05, 4.69) is 5.32 Å². The molecular formula is C22H21N5O7S. The van der Waals surface area contributed by atoms with Crippen LogP contribution in [0.2, 0.25) is 0 Å². The number of piperazine rings is 1. The second kappa shape index (κ2) is 7.85. The number of carbonyl (C=O) groups is 3. The van der Waals surface area contributed by atoms with E-state index in [9.17, 15) is 32.9 Å². The molecule has 3 aliphatic heterocycles. The molecule has 13 heteroatoms. The number of fused-ring (bicyclic) bond motifs is 4. The van der Waals surface area contributed by atoms with Crippen molar-refractivity contribution in [3.8, 4) is 0 Å². The van der Waals surface area contributed by atoms with Gasteiger partial charge in [-0.15, -0.1) is 0 Å². The summed E-state index contributed by atoms with van der Waals surface area (Å²) in [4.78, 5) is 52.5. The van der Waals surface area contributed by atoms with E-state index < -0.39 is 44.2 Å². The first kappa shape index (κ1) is 22.9. The van der Waals surface area contributed by atoms with Crippen molar-refractivity contribution in [2.24, 2.45) is 5.41 Å². The van der Waals surface area contributed by atoms with Crippen molar-refractivity contribution in [1.82, 2.24) is 14.5 Å². The van der Waals surface area contributed by atoms with Gasteiger partial charge in [0.05, 0.1) is 15.9 Å². The normalized spacial score (nSPS) is 24.7. The molecule has 35 heavy (non-hydrogen) atoms. The van der Waals surface area contributed by atoms with Crippen LogP contribution in [0.25, 0.3) is 0 Å². The number of nitrogens with zero attached hydrogens (tertiary/aromatic N) is 4. The fourth-order valence-corrected chi connectivity index (χ4v) is 6.64. The van der Waals surface area contributed by atoms with Gasteiger partial charge in [0.25, 0.3) is 5.69 Å². The summed E-state index contributed by atoms with van der Waals surface area (Å²) in [6.45, 7) is 0.0289. The molecule has 12 nitrogen and oxygen atoms in total. The van der Waals surface area contributed by atoms with Crippen molar-refractivity contribution in [3.63, 3.8) is 0 Å². The maximum atomic E-state index is 13.5. The third-order valence-corrected chi connectivity index (χ3v) is 8.84. The molecule has 1 N–H and O–H groups in total. The van der Waals surface area contributed by atoms with E-state index in [0.29, 0.717) is 11.3 Å². The number of barbiturate groups is 1. The summed E-state index contributed by atoms with van der Waals surface area (Å²) in [6.07, 6.45) is -0.216. The molecule has 182 valence electrons. The van der Waals surface area contributed by atoms with E-state index in [4.69, 9.17) is 0 Å². The van der Waals surface area contributed by atoms with E-state index >= 15 is 0 Å². The molecule has 0 unspecified atom stereocenters. The van der Waals surface area contributed by atoms with Crippen LogP contribution in [0.15, 0.2) is 53.4 Å². The smallest absolute Gasteiger partial charge is 0.330 e. The van der Waals surface area contributed by atoms with Gasteiger partial charge in [-0.05, 0) is 23.8 Å². The zero-order chi connectivity index (χ0) is 25.1. The Labute approximate surface area is 200 Å². The number of nitrogens with one attached hydrogen (secondary N) is 1. The van der Waals surface area contributed by atoms with E-state index in [1.165, 1.54) is 35.6 Å². The highest BCUT2D eigenvalue weighted by molar-refractivity contribution is 7.89. The quantitative estimate of drug-likeness (QED) is 0.369. The number of amides is 4. The van der Waals surface area contributed by atoms with Gasteiger partial charge in [0, 0.05) is 50.9 Å². The van der Waals surface area contributed by atoms with Crippen LogP contribution in [0.3, 0.4) is 0 Å². The second-order valence-corrected chi connectivity index (χ2v) is 10.7. The number of sulfonamides is 1. The van der Waals surface area contributed by atoms with Crippen LogP contribution in [-0.4, -0.2) is 73.1 Å². The minimum atomic E-state index is -3.93. The number of hydrogen-bond donors (Lipinski definition) is 1. The minimum Gasteiger partial charge on any atom is -0.364 e. The fourth-order valence-electron chi connectivity index (χ4n) is 5.18. The molecule has 2 aromatic rings. The van der Waals surface area contributed by atoms with Crippen LogP contribution in [0.4, 0.5) is 16.2 Å². The van der Waals surface area contributed by atoms with Crippen molar-refractivity contribution in [1.29, 1.82) is 0 Å². The third-order valence-electron chi connectivity index (χ3n) is 6.96. The summed E-state index contributed by atoms with van der Waals surface area (Å²) in [7, 11) is -2.69. The van der Waals surface area contributed by atoms with Crippen molar-refractivity contribution >= 4 is 39.2 Å². The first-order valence-electron chi connectivity index (χ1n) is 10.8. The number of carbonyl (C=O) groups excluding carboxylic acids is 3. The number of non-ortho nitro benzene ring substituents is 1. The van der Waals surface area contributed by atoms with Gasteiger partial charge in [0.2, 0.25) is 21.8 Å². The average molecular weight is 500 g/mol. The van der Waals surface area contributed by atoms with E-state index in [1.54, 1.807) is 29.2 Å². The molecule has 2 atom stereocenters. The zero-order valence-electron chi connectivity index (χ0n) is 18.6. The highest BCUT2D eigenvalue weighted by Crippen LogP contribution is 2.46. The summed E-state index contributed by atoms with van der Waals surface area (Å²) in [5.74, 6) is -1.63. The lowest BCUT2D eigenvalue weighted by molar-refractivity contribution is -0.384. The fraction of sp³-hybridized carbons (Fsp3) is 0.318. The van der Waals surface area contributed by atoms with Gasteiger partial charge >= 0.3 is 6.03 Å². The zero-order valence-corrected chi connectivity index (χ0v) is 19.4. The number of anilines is 1. The Balaban J connectivity index is 1.64. The number of nitro benzene ring substituents is 1. The van der Waals surface area contributed by atoms with Crippen molar-refractivity contribution in [3.05, 3.63) is 64.2 Å². The molecule has 3 aliphatic rings. The lowest BCUT2D eigenvalue weighted by Crippen LogP contribution is -2.74. The average Bonchev–Trinajstić information content (AvgIpc) is 2.86. The summed E-state index contributed by atoms with van der Waals surface area (Å²) in [5, 5.41) is 13.6. The Hall–Kier alpha value is -3.84. The first-order valence-corrected chi connectivity index (χ1v) is 12.2. The maximum absolute atomic E-state index is 13.5. The highest BCUT2D eigenvalue weighted by atomic mass is 32.2. The van der Waals surface area contributed by atoms with Gasteiger partial charge in [-0.1, -0.05) is 18.2 Å². The second-order valence-electron chi connectivity index (χ2n) is 8.73. The number of urea groups is 1. The molecule has 2 saturated heterocycles. The van der Waals surface area contributed by atoms with Gasteiger partial charge in [0.15, 0.2) is 5.41 Å². The third kappa shape index (κ3) is 3.30. The molecule has 5 rings (SSSR count). The van der Waals surface area contributed by atoms with E-state index in [1.807, 2.05) is 0 Å². The lowest BCUT2D eigenvalue weighted by Gasteiger charge is -2.54. The summed E-state index contributed by atoms with van der Waals surface area (Å²) in [5.41, 5.74) is -1.06. The molecular weight excluding hydrogens is 478 g/mol. The lowest BCUT2D eigenvalue weighted by atomic mass is 9.68. The van der Waals surface area contributed by atoms with Crippen molar-refractivity contribution in [2.75, 3.05) is 31.6 Å². The van der Waals surface area contributed by atoms with Crippen LogP contribution in [0, 0.1) is 15.5 Å². The highest BCUT2D eigenvalue weighted by Gasteiger charge is 2.63. The molecule has 1 spiro atoms. The van der Waals surface area contributed by atoms with Crippen LogP contribution in [-0.2, 0) is 26.0 Å². The molecule has 0 radical (unpaired) electrons. The number of imide groups is 2.